The minimum absolute atomic E-state index is 0.384. The second-order valence-electron chi connectivity index (χ2n) is 3.68. The van der Waals surface area contributed by atoms with E-state index in [2.05, 4.69) is 4.98 Å². The maximum atomic E-state index is 5.76. The average Bonchev–Trinajstić information content (AvgIpc) is 2.38. The number of pyridine rings is 1. The van der Waals surface area contributed by atoms with Crippen molar-refractivity contribution in [1.29, 1.82) is 0 Å². The molecule has 1 aromatic heterocycles. The fourth-order valence-electron chi connectivity index (χ4n) is 1.44. The van der Waals surface area contributed by atoms with Crippen LogP contribution in [0.5, 0.6) is 11.6 Å². The zero-order valence-electron chi connectivity index (χ0n) is 9.89. The van der Waals surface area contributed by atoms with Gasteiger partial charge in [0.2, 0.25) is 5.88 Å². The minimum atomic E-state index is 0.384. The lowest BCUT2D eigenvalue weighted by molar-refractivity contribution is 0.295. The molecule has 0 fully saturated rings. The first kappa shape index (κ1) is 12.5. The van der Waals surface area contributed by atoms with Gasteiger partial charge in [-0.25, -0.2) is 4.98 Å². The summed E-state index contributed by atoms with van der Waals surface area (Å²) in [6.07, 6.45) is 1.50. The zero-order chi connectivity index (χ0) is 13.0. The number of nitrogen functional groups attached to an aromatic ring is 1. The van der Waals surface area contributed by atoms with Crippen LogP contribution in [-0.4, -0.2) is 12.1 Å². The molecular weight excluding hydrogens is 252 g/mol. The number of ether oxygens (including phenoxy) is 2. The number of hydrogen-bond donors (Lipinski definition) is 1. The van der Waals surface area contributed by atoms with E-state index >= 15 is 0 Å². The van der Waals surface area contributed by atoms with Crippen LogP contribution in [0.2, 0.25) is 5.02 Å². The number of rotatable bonds is 4. The Labute approximate surface area is 110 Å². The molecule has 1 aromatic carbocycles. The molecule has 0 spiro atoms. The number of anilines is 1. The normalized spacial score (nSPS) is 10.1. The molecule has 18 heavy (non-hydrogen) atoms. The van der Waals surface area contributed by atoms with Gasteiger partial charge in [0, 0.05) is 6.20 Å². The Kier molecular flexibility index (Phi) is 3.89. The van der Waals surface area contributed by atoms with Crippen LogP contribution in [0.4, 0.5) is 5.69 Å². The van der Waals surface area contributed by atoms with Crippen molar-refractivity contribution in [2.75, 3.05) is 12.8 Å². The molecule has 0 saturated heterocycles. The van der Waals surface area contributed by atoms with Crippen molar-refractivity contribution >= 4 is 17.3 Å². The van der Waals surface area contributed by atoms with Gasteiger partial charge in [0.05, 0.1) is 17.8 Å². The predicted octanol–water partition coefficient (Wildman–Crippen LogP) is 2.90. The first-order chi connectivity index (χ1) is 8.69. The van der Waals surface area contributed by atoms with E-state index in [1.54, 1.807) is 13.2 Å². The molecule has 0 bridgehead atoms. The van der Waals surface area contributed by atoms with Gasteiger partial charge < -0.3 is 15.2 Å². The molecule has 0 saturated carbocycles. The molecule has 4 nitrogen and oxygen atoms in total. The van der Waals surface area contributed by atoms with Gasteiger partial charge in [-0.15, -0.1) is 0 Å². The summed E-state index contributed by atoms with van der Waals surface area (Å²) in [6.45, 7) is 0.392. The zero-order valence-corrected chi connectivity index (χ0v) is 10.6. The van der Waals surface area contributed by atoms with Crippen LogP contribution < -0.4 is 15.2 Å². The van der Waals surface area contributed by atoms with Crippen molar-refractivity contribution in [3.8, 4) is 11.6 Å². The number of nitrogens with two attached hydrogens (primary N) is 1. The topological polar surface area (TPSA) is 57.4 Å². The third-order valence-corrected chi connectivity index (χ3v) is 2.59. The van der Waals surface area contributed by atoms with Gasteiger partial charge in [-0.3, -0.25) is 0 Å². The molecule has 0 atom stereocenters. The Morgan fingerprint density at radius 3 is 2.61 bits per heavy atom. The van der Waals surface area contributed by atoms with Crippen LogP contribution in [0.15, 0.2) is 36.5 Å². The van der Waals surface area contributed by atoms with Gasteiger partial charge in [-0.2, -0.15) is 0 Å². The smallest absolute Gasteiger partial charge is 0.237 e. The van der Waals surface area contributed by atoms with Crippen molar-refractivity contribution in [3.05, 3.63) is 47.1 Å². The molecule has 0 aliphatic carbocycles. The first-order valence-electron chi connectivity index (χ1n) is 5.36. The van der Waals surface area contributed by atoms with E-state index in [9.17, 15) is 0 Å². The number of hydrogen-bond acceptors (Lipinski definition) is 4. The van der Waals surface area contributed by atoms with Crippen molar-refractivity contribution in [1.82, 2.24) is 4.98 Å². The van der Waals surface area contributed by atoms with E-state index < -0.39 is 0 Å². The second-order valence-corrected chi connectivity index (χ2v) is 4.12. The summed E-state index contributed by atoms with van der Waals surface area (Å²) in [5, 5.41) is 0.490. The van der Waals surface area contributed by atoms with Gasteiger partial charge in [-0.1, -0.05) is 23.7 Å². The van der Waals surface area contributed by atoms with Gasteiger partial charge in [0.15, 0.2) is 0 Å². The maximum absolute atomic E-state index is 5.76. The van der Waals surface area contributed by atoms with Crippen LogP contribution in [0, 0.1) is 0 Å². The van der Waals surface area contributed by atoms with Crippen molar-refractivity contribution in [2.45, 2.75) is 6.61 Å². The molecular formula is C13H13ClN2O2. The molecule has 0 unspecified atom stereocenters. The lowest BCUT2D eigenvalue weighted by atomic mass is 10.2. The quantitative estimate of drug-likeness (QED) is 0.922. The Morgan fingerprint density at radius 2 is 2.00 bits per heavy atom. The lowest BCUT2D eigenvalue weighted by Crippen LogP contribution is -2.00. The summed E-state index contributed by atoms with van der Waals surface area (Å²) in [6, 6.07) is 9.20. The highest BCUT2D eigenvalue weighted by Crippen LogP contribution is 2.22. The molecule has 0 aliphatic heterocycles. The van der Waals surface area contributed by atoms with E-state index in [1.165, 1.54) is 6.20 Å². The fourth-order valence-corrected chi connectivity index (χ4v) is 1.60. The molecule has 0 aliphatic rings. The monoisotopic (exact) mass is 264 g/mol. The van der Waals surface area contributed by atoms with Crippen LogP contribution in [-0.2, 0) is 6.61 Å². The van der Waals surface area contributed by atoms with E-state index in [0.717, 1.165) is 11.3 Å². The van der Waals surface area contributed by atoms with Crippen molar-refractivity contribution < 1.29 is 9.47 Å². The third-order valence-electron chi connectivity index (χ3n) is 2.38. The van der Waals surface area contributed by atoms with Gasteiger partial charge >= 0.3 is 0 Å². The summed E-state index contributed by atoms with van der Waals surface area (Å²) in [5.74, 6) is 1.19. The summed E-state index contributed by atoms with van der Waals surface area (Å²) < 4.78 is 10.6. The minimum Gasteiger partial charge on any atom is -0.497 e. The lowest BCUT2D eigenvalue weighted by Gasteiger charge is -2.08. The molecule has 2 rings (SSSR count). The first-order valence-corrected chi connectivity index (χ1v) is 5.73. The maximum Gasteiger partial charge on any atom is 0.237 e. The SMILES string of the molecule is COc1ccc(COc2ncc(Cl)cc2N)cc1. The van der Waals surface area contributed by atoms with Gasteiger partial charge in [0.25, 0.3) is 0 Å². The van der Waals surface area contributed by atoms with Gasteiger partial charge in [0.1, 0.15) is 12.4 Å². The third kappa shape index (κ3) is 3.05. The van der Waals surface area contributed by atoms with Crippen LogP contribution in [0.1, 0.15) is 5.56 Å². The molecule has 2 aromatic rings. The summed E-state index contributed by atoms with van der Waals surface area (Å²) in [5.41, 5.74) is 7.17. The Hall–Kier alpha value is -1.94. The second kappa shape index (κ2) is 5.60. The van der Waals surface area contributed by atoms with Crippen LogP contribution in [0.25, 0.3) is 0 Å². The predicted molar refractivity (Wildman–Crippen MR) is 71.0 cm³/mol. The standard InChI is InChI=1S/C13H13ClN2O2/c1-17-11-4-2-9(3-5-11)8-18-13-12(15)6-10(14)7-16-13/h2-7H,8,15H2,1H3. The number of benzene rings is 1. The molecule has 5 heteroatoms. The van der Waals surface area contributed by atoms with Crippen molar-refractivity contribution in [2.24, 2.45) is 0 Å². The van der Waals surface area contributed by atoms with E-state index in [1.807, 2.05) is 24.3 Å². The van der Waals surface area contributed by atoms with E-state index in [-0.39, 0.29) is 0 Å². The number of aromatic nitrogens is 1. The number of halogens is 1. The van der Waals surface area contributed by atoms with E-state index in [4.69, 9.17) is 26.8 Å². The molecule has 0 amide bonds. The number of nitrogens with zero attached hydrogens (tertiary/aromatic N) is 1. The van der Waals surface area contributed by atoms with Crippen LogP contribution in [0.3, 0.4) is 0 Å². The summed E-state index contributed by atoms with van der Waals surface area (Å²) in [4.78, 5) is 4.02. The summed E-state index contributed by atoms with van der Waals surface area (Å²) in [7, 11) is 1.63. The highest BCUT2D eigenvalue weighted by molar-refractivity contribution is 6.30. The van der Waals surface area contributed by atoms with Gasteiger partial charge in [-0.05, 0) is 23.8 Å². The largest absolute Gasteiger partial charge is 0.497 e. The average molecular weight is 265 g/mol. The molecule has 0 radical (unpaired) electrons. The highest BCUT2D eigenvalue weighted by atomic mass is 35.5. The Balaban J connectivity index is 2.02. The van der Waals surface area contributed by atoms with Crippen LogP contribution >= 0.6 is 11.6 Å². The number of methoxy groups -OCH3 is 1. The molecule has 94 valence electrons. The van der Waals surface area contributed by atoms with Crippen molar-refractivity contribution in [3.63, 3.8) is 0 Å². The fraction of sp³-hybridized carbons (Fsp3) is 0.154. The highest BCUT2D eigenvalue weighted by Gasteiger charge is 2.03. The Bertz CT molecular complexity index is 529. The molecule has 2 N–H and O–H groups in total. The summed E-state index contributed by atoms with van der Waals surface area (Å²) >= 11 is 5.76. The van der Waals surface area contributed by atoms with E-state index in [0.29, 0.717) is 23.2 Å². The Morgan fingerprint density at radius 1 is 1.28 bits per heavy atom. The molecule has 1 heterocycles.